The molecule has 0 unspecified atom stereocenters. The van der Waals surface area contributed by atoms with Crippen molar-refractivity contribution in [2.75, 3.05) is 13.4 Å². The van der Waals surface area contributed by atoms with Crippen molar-refractivity contribution in [2.24, 2.45) is 0 Å². The number of fused-ring (bicyclic) bond motifs is 1. The second-order valence-corrected chi connectivity index (χ2v) is 3.51. The van der Waals surface area contributed by atoms with Gasteiger partial charge in [-0.25, -0.2) is 4.79 Å². The molecule has 18 heavy (non-hydrogen) atoms. The van der Waals surface area contributed by atoms with Crippen LogP contribution in [0, 0.1) is 0 Å². The van der Waals surface area contributed by atoms with Crippen LogP contribution < -0.4 is 14.2 Å². The van der Waals surface area contributed by atoms with Crippen molar-refractivity contribution in [3.05, 3.63) is 36.4 Å². The van der Waals surface area contributed by atoms with E-state index in [9.17, 15) is 4.79 Å². The Hall–Kier alpha value is -2.43. The Morgan fingerprint density at radius 1 is 1.44 bits per heavy atom. The highest BCUT2D eigenvalue weighted by atomic mass is 16.7. The van der Waals surface area contributed by atoms with Crippen molar-refractivity contribution in [1.29, 1.82) is 0 Å². The van der Waals surface area contributed by atoms with E-state index in [1.165, 1.54) is 6.08 Å². The molecule has 0 atom stereocenters. The average Bonchev–Trinajstić information content (AvgIpc) is 2.79. The van der Waals surface area contributed by atoms with E-state index in [1.807, 2.05) is 0 Å². The summed E-state index contributed by atoms with van der Waals surface area (Å²) in [5, 5.41) is 8.64. The van der Waals surface area contributed by atoms with Gasteiger partial charge in [0.05, 0.1) is 0 Å². The van der Waals surface area contributed by atoms with Crippen LogP contribution in [-0.4, -0.2) is 24.5 Å². The van der Waals surface area contributed by atoms with Crippen molar-refractivity contribution >= 4 is 12.0 Å². The Labute approximate surface area is 104 Å². The van der Waals surface area contributed by atoms with Gasteiger partial charge in [0.25, 0.3) is 0 Å². The normalized spacial score (nSPS) is 12.7. The standard InChI is InChI=1S/C13H12O5/c1-2-5-16-10-7-12-11(17-8-18-12)6-9(10)3-4-13(14)15/h2-4,6-7H,1,5,8H2,(H,14,15). The molecule has 5 heteroatoms. The number of carboxylic acid groups (broad SMARTS) is 1. The lowest BCUT2D eigenvalue weighted by Crippen LogP contribution is -1.95. The summed E-state index contributed by atoms with van der Waals surface area (Å²) in [6.45, 7) is 4.04. The first-order valence-electron chi connectivity index (χ1n) is 5.29. The minimum atomic E-state index is -1.03. The topological polar surface area (TPSA) is 65.0 Å². The molecule has 1 aliphatic rings. The van der Waals surface area contributed by atoms with Crippen LogP contribution in [0.4, 0.5) is 0 Å². The van der Waals surface area contributed by atoms with Gasteiger partial charge in [-0.15, -0.1) is 0 Å². The molecular weight excluding hydrogens is 236 g/mol. The number of rotatable bonds is 5. The minimum absolute atomic E-state index is 0.155. The van der Waals surface area contributed by atoms with E-state index in [0.29, 0.717) is 29.4 Å². The molecule has 1 N–H and O–H groups in total. The highest BCUT2D eigenvalue weighted by Crippen LogP contribution is 2.38. The number of aliphatic carboxylic acids is 1. The molecule has 0 saturated carbocycles. The molecule has 0 aliphatic carbocycles. The summed E-state index contributed by atoms with van der Waals surface area (Å²) in [6.07, 6.45) is 4.09. The van der Waals surface area contributed by atoms with Crippen LogP contribution in [-0.2, 0) is 4.79 Å². The van der Waals surface area contributed by atoms with E-state index in [4.69, 9.17) is 19.3 Å². The number of ether oxygens (including phenoxy) is 3. The largest absolute Gasteiger partial charge is 0.489 e. The van der Waals surface area contributed by atoms with Crippen molar-refractivity contribution in [3.8, 4) is 17.2 Å². The smallest absolute Gasteiger partial charge is 0.328 e. The molecule has 0 fully saturated rings. The van der Waals surface area contributed by atoms with Crippen molar-refractivity contribution in [1.82, 2.24) is 0 Å². The number of carboxylic acids is 1. The molecule has 0 bridgehead atoms. The molecule has 1 heterocycles. The predicted octanol–water partition coefficient (Wildman–Crippen LogP) is 2.08. The molecule has 0 radical (unpaired) electrons. The Balaban J connectivity index is 2.34. The van der Waals surface area contributed by atoms with Crippen LogP contribution in [0.2, 0.25) is 0 Å². The predicted molar refractivity (Wildman–Crippen MR) is 64.9 cm³/mol. The maximum atomic E-state index is 10.5. The fourth-order valence-corrected chi connectivity index (χ4v) is 1.50. The van der Waals surface area contributed by atoms with Crippen LogP contribution >= 0.6 is 0 Å². The highest BCUT2D eigenvalue weighted by Gasteiger charge is 2.17. The quantitative estimate of drug-likeness (QED) is 0.638. The first-order valence-corrected chi connectivity index (χ1v) is 5.29. The maximum absolute atomic E-state index is 10.5. The van der Waals surface area contributed by atoms with Gasteiger partial charge in [0.2, 0.25) is 6.79 Å². The molecule has 94 valence electrons. The van der Waals surface area contributed by atoms with Gasteiger partial charge >= 0.3 is 5.97 Å². The Morgan fingerprint density at radius 3 is 2.83 bits per heavy atom. The van der Waals surface area contributed by atoms with E-state index < -0.39 is 5.97 Å². The van der Waals surface area contributed by atoms with Crippen molar-refractivity contribution in [3.63, 3.8) is 0 Å². The summed E-state index contributed by atoms with van der Waals surface area (Å²) >= 11 is 0. The molecular formula is C13H12O5. The fourth-order valence-electron chi connectivity index (χ4n) is 1.50. The first kappa shape index (κ1) is 12.0. The molecule has 0 saturated heterocycles. The van der Waals surface area contributed by atoms with Gasteiger partial charge < -0.3 is 19.3 Å². The van der Waals surface area contributed by atoms with Crippen molar-refractivity contribution < 1.29 is 24.1 Å². The first-order chi connectivity index (χ1) is 8.70. The second-order valence-electron chi connectivity index (χ2n) is 3.51. The van der Waals surface area contributed by atoms with Gasteiger partial charge in [0, 0.05) is 17.7 Å². The van der Waals surface area contributed by atoms with E-state index in [-0.39, 0.29) is 6.79 Å². The number of hydrogen-bond acceptors (Lipinski definition) is 4. The summed E-state index contributed by atoms with van der Waals surface area (Å²) in [5.74, 6) is 0.659. The third kappa shape index (κ3) is 2.63. The second kappa shape index (κ2) is 5.27. The van der Waals surface area contributed by atoms with Crippen LogP contribution in [0.15, 0.2) is 30.9 Å². The summed E-state index contributed by atoms with van der Waals surface area (Å²) in [4.78, 5) is 10.5. The number of carbonyl (C=O) groups is 1. The molecule has 0 spiro atoms. The summed E-state index contributed by atoms with van der Waals surface area (Å²) < 4.78 is 15.9. The Morgan fingerprint density at radius 2 is 2.17 bits per heavy atom. The van der Waals surface area contributed by atoms with Crippen LogP contribution in [0.1, 0.15) is 5.56 Å². The number of benzene rings is 1. The summed E-state index contributed by atoms with van der Waals surface area (Å²) in [7, 11) is 0. The van der Waals surface area contributed by atoms with E-state index in [1.54, 1.807) is 18.2 Å². The highest BCUT2D eigenvalue weighted by molar-refractivity contribution is 5.86. The third-order valence-electron chi connectivity index (χ3n) is 2.27. The molecule has 0 aromatic heterocycles. The molecule has 1 aromatic carbocycles. The molecule has 2 rings (SSSR count). The third-order valence-corrected chi connectivity index (χ3v) is 2.27. The zero-order chi connectivity index (χ0) is 13.0. The summed E-state index contributed by atoms with van der Waals surface area (Å²) in [5.41, 5.74) is 0.614. The van der Waals surface area contributed by atoms with E-state index >= 15 is 0 Å². The van der Waals surface area contributed by atoms with Crippen LogP contribution in [0.25, 0.3) is 6.08 Å². The van der Waals surface area contributed by atoms with Gasteiger partial charge in [-0.05, 0) is 12.1 Å². The van der Waals surface area contributed by atoms with Gasteiger partial charge in [-0.1, -0.05) is 12.7 Å². The van der Waals surface area contributed by atoms with Crippen LogP contribution in [0.5, 0.6) is 17.2 Å². The number of hydrogen-bond donors (Lipinski definition) is 1. The van der Waals surface area contributed by atoms with E-state index in [2.05, 4.69) is 6.58 Å². The van der Waals surface area contributed by atoms with Crippen LogP contribution in [0.3, 0.4) is 0 Å². The minimum Gasteiger partial charge on any atom is -0.489 e. The SMILES string of the molecule is C=CCOc1cc2c(cc1C=CC(=O)O)OCO2. The monoisotopic (exact) mass is 248 g/mol. The lowest BCUT2D eigenvalue weighted by atomic mass is 10.1. The van der Waals surface area contributed by atoms with E-state index in [0.717, 1.165) is 6.08 Å². The molecule has 5 nitrogen and oxygen atoms in total. The van der Waals surface area contributed by atoms with Gasteiger partial charge in [0.15, 0.2) is 11.5 Å². The van der Waals surface area contributed by atoms with Gasteiger partial charge in [-0.2, -0.15) is 0 Å². The lowest BCUT2D eigenvalue weighted by Gasteiger charge is -2.08. The molecule has 1 aromatic rings. The summed E-state index contributed by atoms with van der Waals surface area (Å²) in [6, 6.07) is 3.35. The fraction of sp³-hybridized carbons (Fsp3) is 0.154. The lowest BCUT2D eigenvalue weighted by molar-refractivity contribution is -0.131. The Bertz CT molecular complexity index is 504. The maximum Gasteiger partial charge on any atom is 0.328 e. The molecule has 1 aliphatic heterocycles. The molecule has 0 amide bonds. The Kier molecular flexibility index (Phi) is 3.52. The average molecular weight is 248 g/mol. The van der Waals surface area contributed by atoms with Gasteiger partial charge in [-0.3, -0.25) is 0 Å². The van der Waals surface area contributed by atoms with Gasteiger partial charge in [0.1, 0.15) is 12.4 Å². The van der Waals surface area contributed by atoms with Crippen molar-refractivity contribution in [2.45, 2.75) is 0 Å². The zero-order valence-corrected chi connectivity index (χ0v) is 9.59. The zero-order valence-electron chi connectivity index (χ0n) is 9.59.